The van der Waals surface area contributed by atoms with Gasteiger partial charge in [-0.3, -0.25) is 4.79 Å². The van der Waals surface area contributed by atoms with E-state index in [2.05, 4.69) is 15.5 Å². The van der Waals surface area contributed by atoms with E-state index >= 15 is 0 Å². The molecule has 0 atom stereocenters. The number of rotatable bonds is 3. The molecule has 2 aromatic rings. The van der Waals surface area contributed by atoms with Crippen LogP contribution in [0.15, 0.2) is 28.9 Å². The second-order valence-corrected chi connectivity index (χ2v) is 6.09. The van der Waals surface area contributed by atoms with Crippen LogP contribution in [0.2, 0.25) is 0 Å². The van der Waals surface area contributed by atoms with Gasteiger partial charge in [0.05, 0.1) is 11.4 Å². The summed E-state index contributed by atoms with van der Waals surface area (Å²) < 4.78 is 0. The molecule has 122 valence electrons. The van der Waals surface area contributed by atoms with Crippen LogP contribution >= 0.6 is 0 Å². The Balaban J connectivity index is 2.17. The summed E-state index contributed by atoms with van der Waals surface area (Å²) in [6.45, 7) is 5.39. The Kier molecular flexibility index (Phi) is 4.20. The van der Waals surface area contributed by atoms with Gasteiger partial charge in [-0.2, -0.15) is 0 Å². The first-order valence-electron chi connectivity index (χ1n) is 7.78. The molecule has 0 bridgehead atoms. The second kappa shape index (κ2) is 6.31. The Bertz CT molecular complexity index is 868. The van der Waals surface area contributed by atoms with E-state index in [4.69, 9.17) is 4.98 Å². The van der Waals surface area contributed by atoms with Crippen LogP contribution in [0.3, 0.4) is 0 Å². The molecule has 0 aliphatic heterocycles. The van der Waals surface area contributed by atoms with E-state index in [1.165, 1.54) is 6.92 Å². The third kappa shape index (κ3) is 3.08. The van der Waals surface area contributed by atoms with Crippen molar-refractivity contribution in [2.75, 3.05) is 5.32 Å². The first-order chi connectivity index (χ1) is 11.5. The zero-order valence-electron chi connectivity index (χ0n) is 13.9. The van der Waals surface area contributed by atoms with Crippen molar-refractivity contribution in [3.8, 4) is 11.3 Å². The molecular weight excluding hydrogens is 304 g/mol. The lowest BCUT2D eigenvalue weighted by atomic mass is 9.91. The van der Waals surface area contributed by atoms with Crippen molar-refractivity contribution in [3.63, 3.8) is 0 Å². The lowest BCUT2D eigenvalue weighted by Crippen LogP contribution is -2.15. The molecule has 0 saturated carbocycles. The van der Waals surface area contributed by atoms with Gasteiger partial charge in [0.25, 0.3) is 0 Å². The van der Waals surface area contributed by atoms with Crippen molar-refractivity contribution in [2.24, 2.45) is 5.18 Å². The van der Waals surface area contributed by atoms with Crippen LogP contribution < -0.4 is 5.32 Å². The van der Waals surface area contributed by atoms with E-state index in [1.807, 2.05) is 26.0 Å². The molecule has 24 heavy (non-hydrogen) atoms. The standard InChI is InChI=1S/C18H18N4O2/c1-10(2)8-16-18(19-11(3)23)21-15-7-4-12-9-13(22-24)5-6-14(12)17(15)20-16/h5-6,8-9H,4,7H2,1-3H3,(H,19,21,23). The van der Waals surface area contributed by atoms with E-state index in [0.717, 1.165) is 34.5 Å². The molecule has 6 heteroatoms. The number of nitrogens with one attached hydrogen (secondary N) is 1. The summed E-state index contributed by atoms with van der Waals surface area (Å²) in [7, 11) is 0. The molecule has 0 spiro atoms. The van der Waals surface area contributed by atoms with Crippen molar-refractivity contribution < 1.29 is 4.79 Å². The van der Waals surface area contributed by atoms with E-state index < -0.39 is 0 Å². The lowest BCUT2D eigenvalue weighted by molar-refractivity contribution is -0.114. The highest BCUT2D eigenvalue weighted by Crippen LogP contribution is 2.35. The fourth-order valence-corrected chi connectivity index (χ4v) is 2.83. The van der Waals surface area contributed by atoms with Crippen LogP contribution in [0.4, 0.5) is 11.5 Å². The van der Waals surface area contributed by atoms with Gasteiger partial charge in [-0.25, -0.2) is 9.97 Å². The van der Waals surface area contributed by atoms with E-state index in [-0.39, 0.29) is 5.91 Å². The number of carbonyl (C=O) groups is 1. The van der Waals surface area contributed by atoms with Crippen LogP contribution in [-0.4, -0.2) is 15.9 Å². The van der Waals surface area contributed by atoms with Crippen molar-refractivity contribution in [1.29, 1.82) is 0 Å². The van der Waals surface area contributed by atoms with Crippen LogP contribution in [0.1, 0.15) is 37.7 Å². The minimum atomic E-state index is -0.175. The number of carbonyl (C=O) groups excluding carboxylic acids is 1. The minimum absolute atomic E-state index is 0.175. The normalized spacial score (nSPS) is 12.0. The van der Waals surface area contributed by atoms with Crippen molar-refractivity contribution in [1.82, 2.24) is 9.97 Å². The number of hydrogen-bond donors (Lipinski definition) is 1. The van der Waals surface area contributed by atoms with Gasteiger partial charge in [-0.15, -0.1) is 4.91 Å². The highest BCUT2D eigenvalue weighted by molar-refractivity contribution is 5.90. The summed E-state index contributed by atoms with van der Waals surface area (Å²) in [4.78, 5) is 31.5. The molecule has 3 rings (SSSR count). The number of nitrogens with zero attached hydrogens (tertiary/aromatic N) is 3. The quantitative estimate of drug-likeness (QED) is 0.865. The fraction of sp³-hybridized carbons (Fsp3) is 0.278. The maximum atomic E-state index is 11.4. The van der Waals surface area contributed by atoms with Gasteiger partial charge in [0, 0.05) is 12.5 Å². The number of hydrogen-bond acceptors (Lipinski definition) is 5. The van der Waals surface area contributed by atoms with Gasteiger partial charge in [0.15, 0.2) is 5.82 Å². The Morgan fingerprint density at radius 3 is 2.67 bits per heavy atom. The molecule has 1 N–H and O–H groups in total. The Hall–Kier alpha value is -2.89. The van der Waals surface area contributed by atoms with E-state index in [9.17, 15) is 9.70 Å². The van der Waals surface area contributed by atoms with Crippen LogP contribution in [0.5, 0.6) is 0 Å². The molecule has 1 amide bonds. The molecule has 1 aromatic heterocycles. The molecule has 1 aliphatic rings. The van der Waals surface area contributed by atoms with E-state index in [0.29, 0.717) is 23.6 Å². The summed E-state index contributed by atoms with van der Waals surface area (Å²) in [5.41, 5.74) is 5.78. The maximum absolute atomic E-state index is 11.4. The lowest BCUT2D eigenvalue weighted by Gasteiger charge is -2.20. The predicted molar refractivity (Wildman–Crippen MR) is 94.0 cm³/mol. The molecule has 6 nitrogen and oxygen atoms in total. The van der Waals surface area contributed by atoms with Crippen LogP contribution in [-0.2, 0) is 17.6 Å². The van der Waals surface area contributed by atoms with Crippen LogP contribution in [0.25, 0.3) is 17.3 Å². The highest BCUT2D eigenvalue weighted by Gasteiger charge is 2.22. The summed E-state index contributed by atoms with van der Waals surface area (Å²) >= 11 is 0. The zero-order valence-corrected chi connectivity index (χ0v) is 13.9. The number of aromatic nitrogens is 2. The summed E-state index contributed by atoms with van der Waals surface area (Å²) in [6.07, 6.45) is 3.37. The number of aryl methyl sites for hydroxylation is 2. The van der Waals surface area contributed by atoms with Crippen molar-refractivity contribution >= 4 is 23.5 Å². The first kappa shape index (κ1) is 16.0. The largest absolute Gasteiger partial charge is 0.309 e. The molecule has 0 unspecified atom stereocenters. The van der Waals surface area contributed by atoms with Gasteiger partial charge < -0.3 is 5.32 Å². The first-order valence-corrected chi connectivity index (χ1v) is 7.78. The minimum Gasteiger partial charge on any atom is -0.309 e. The van der Waals surface area contributed by atoms with Gasteiger partial charge >= 0.3 is 0 Å². The fourth-order valence-electron chi connectivity index (χ4n) is 2.83. The van der Waals surface area contributed by atoms with Crippen molar-refractivity contribution in [2.45, 2.75) is 33.6 Å². The van der Waals surface area contributed by atoms with Gasteiger partial charge in [0.1, 0.15) is 11.4 Å². The SMILES string of the molecule is CC(=O)Nc1nc2c(nc1C=C(C)C)-c1ccc(N=O)cc1CC2. The van der Waals surface area contributed by atoms with E-state index in [1.54, 1.807) is 12.1 Å². The average molecular weight is 322 g/mol. The third-order valence-electron chi connectivity index (χ3n) is 3.80. The smallest absolute Gasteiger partial charge is 0.222 e. The average Bonchev–Trinajstić information content (AvgIpc) is 2.53. The molecule has 1 aliphatic carbocycles. The molecule has 1 aromatic carbocycles. The highest BCUT2D eigenvalue weighted by atomic mass is 16.3. The third-order valence-corrected chi connectivity index (χ3v) is 3.80. The number of anilines is 1. The number of nitroso groups, excluding NO2 is 1. The number of amides is 1. The number of benzene rings is 1. The van der Waals surface area contributed by atoms with Crippen molar-refractivity contribution in [3.05, 3.63) is 45.6 Å². The summed E-state index contributed by atoms with van der Waals surface area (Å²) in [6, 6.07) is 5.35. The molecule has 1 heterocycles. The predicted octanol–water partition coefficient (Wildman–Crippen LogP) is 4.02. The Morgan fingerprint density at radius 1 is 1.21 bits per heavy atom. The summed E-state index contributed by atoms with van der Waals surface area (Å²) in [5, 5.41) is 5.75. The van der Waals surface area contributed by atoms with Crippen LogP contribution in [0, 0.1) is 4.91 Å². The molecule has 0 saturated heterocycles. The topological polar surface area (TPSA) is 84.3 Å². The molecular formula is C18H18N4O2. The Morgan fingerprint density at radius 2 is 2.00 bits per heavy atom. The van der Waals surface area contributed by atoms with Gasteiger partial charge in [-0.1, -0.05) is 11.6 Å². The number of allylic oxidation sites excluding steroid dienone is 1. The molecule has 0 fully saturated rings. The second-order valence-electron chi connectivity index (χ2n) is 6.09. The number of fused-ring (bicyclic) bond motifs is 3. The molecule has 0 radical (unpaired) electrons. The zero-order chi connectivity index (χ0) is 17.3. The summed E-state index contributed by atoms with van der Waals surface area (Å²) in [5.74, 6) is 0.308. The van der Waals surface area contributed by atoms with Gasteiger partial charge in [0.2, 0.25) is 5.91 Å². The maximum Gasteiger partial charge on any atom is 0.222 e. The van der Waals surface area contributed by atoms with Gasteiger partial charge in [-0.05, 0) is 55.6 Å². The monoisotopic (exact) mass is 322 g/mol. The Labute approximate surface area is 140 Å².